The van der Waals surface area contributed by atoms with Gasteiger partial charge in [-0.2, -0.15) is 0 Å². The molecule has 1 amide bonds. The van der Waals surface area contributed by atoms with Gasteiger partial charge in [-0.3, -0.25) is 4.79 Å². The second-order valence-electron chi connectivity index (χ2n) is 2.20. The summed E-state index contributed by atoms with van der Waals surface area (Å²) in [4.78, 5) is 11.1. The molecule has 0 radical (unpaired) electrons. The average Bonchev–Trinajstić information content (AvgIpc) is 2.07. The zero-order chi connectivity index (χ0) is 9.40. The van der Waals surface area contributed by atoms with E-state index in [0.29, 0.717) is 6.54 Å². The number of likely N-dealkylation sites (N-methyl/N-ethyl adjacent to an activating group) is 1. The molecule has 0 heterocycles. The van der Waals surface area contributed by atoms with Crippen molar-refractivity contribution in [1.29, 1.82) is 0 Å². The largest absolute Gasteiger partial charge is 0.350 e. The Balaban J connectivity index is 3.54. The maximum absolute atomic E-state index is 11.1. The molecule has 2 N–H and O–H groups in total. The molecule has 12 heavy (non-hydrogen) atoms. The summed E-state index contributed by atoms with van der Waals surface area (Å²) in [5.41, 5.74) is 0. The first-order valence-corrected chi connectivity index (χ1v) is 3.74. The van der Waals surface area contributed by atoms with Crippen LogP contribution in [-0.4, -0.2) is 46.6 Å². The fourth-order valence-corrected chi connectivity index (χ4v) is 0.704. The van der Waals surface area contributed by atoms with Crippen LogP contribution in [0.3, 0.4) is 0 Å². The van der Waals surface area contributed by atoms with Crippen molar-refractivity contribution in [3.8, 4) is 0 Å². The highest BCUT2D eigenvalue weighted by Gasteiger charge is 2.14. The number of hydrogen-bond donors (Lipinski definition) is 2. The fraction of sp³-hybridized carbons (Fsp3) is 0.857. The number of carbonyl (C=O) groups is 1. The summed E-state index contributed by atoms with van der Waals surface area (Å²) in [7, 11) is 4.66. The van der Waals surface area contributed by atoms with E-state index in [-0.39, 0.29) is 5.91 Å². The van der Waals surface area contributed by atoms with E-state index in [1.165, 1.54) is 14.2 Å². The van der Waals surface area contributed by atoms with Crippen molar-refractivity contribution in [2.24, 2.45) is 0 Å². The molecule has 0 aromatic rings. The molecule has 0 atom stereocenters. The van der Waals surface area contributed by atoms with Gasteiger partial charge in [0.15, 0.2) is 0 Å². The van der Waals surface area contributed by atoms with Crippen molar-refractivity contribution < 1.29 is 14.3 Å². The molecular formula is C7H16N2O3. The molecule has 5 nitrogen and oxygen atoms in total. The lowest BCUT2D eigenvalue weighted by atomic mass is 10.5. The number of hydrogen-bond acceptors (Lipinski definition) is 4. The number of rotatable bonds is 6. The first-order valence-electron chi connectivity index (χ1n) is 3.74. The molecule has 0 aromatic heterocycles. The smallest absolute Gasteiger partial charge is 0.277 e. The summed E-state index contributed by atoms with van der Waals surface area (Å²) in [5, 5.41) is 5.54. The summed E-state index contributed by atoms with van der Waals surface area (Å²) in [6.07, 6.45) is -0.804. The van der Waals surface area contributed by atoms with Gasteiger partial charge in [0.1, 0.15) is 0 Å². The normalized spacial score (nSPS) is 10.3. The molecule has 0 aliphatic heterocycles. The van der Waals surface area contributed by atoms with Crippen LogP contribution in [0.1, 0.15) is 0 Å². The van der Waals surface area contributed by atoms with E-state index in [2.05, 4.69) is 10.6 Å². The minimum Gasteiger partial charge on any atom is -0.350 e. The van der Waals surface area contributed by atoms with Crippen LogP contribution in [0.2, 0.25) is 0 Å². The quantitative estimate of drug-likeness (QED) is 0.400. The van der Waals surface area contributed by atoms with Gasteiger partial charge in [0.05, 0.1) is 0 Å². The minimum absolute atomic E-state index is 0.254. The van der Waals surface area contributed by atoms with E-state index in [1.807, 2.05) is 7.05 Å². The molecule has 72 valence electrons. The molecule has 0 saturated carbocycles. The summed E-state index contributed by atoms with van der Waals surface area (Å²) in [6, 6.07) is 0. The highest BCUT2D eigenvalue weighted by molar-refractivity contribution is 5.79. The topological polar surface area (TPSA) is 59.6 Å². The lowest BCUT2D eigenvalue weighted by Crippen LogP contribution is -2.39. The molecule has 0 aliphatic carbocycles. The molecule has 0 unspecified atom stereocenters. The Morgan fingerprint density at radius 1 is 1.33 bits per heavy atom. The van der Waals surface area contributed by atoms with Gasteiger partial charge in [-0.1, -0.05) is 0 Å². The number of ether oxygens (including phenoxy) is 2. The van der Waals surface area contributed by atoms with E-state index < -0.39 is 6.29 Å². The third-order valence-corrected chi connectivity index (χ3v) is 1.32. The first kappa shape index (κ1) is 11.4. The number of amides is 1. The third kappa shape index (κ3) is 4.27. The zero-order valence-electron chi connectivity index (χ0n) is 7.72. The van der Waals surface area contributed by atoms with Crippen molar-refractivity contribution in [2.75, 3.05) is 34.4 Å². The Hall–Kier alpha value is -0.650. The van der Waals surface area contributed by atoms with Crippen LogP contribution in [0.25, 0.3) is 0 Å². The lowest BCUT2D eigenvalue weighted by molar-refractivity contribution is -0.158. The molecule has 0 bridgehead atoms. The van der Waals surface area contributed by atoms with Gasteiger partial charge < -0.3 is 20.1 Å². The van der Waals surface area contributed by atoms with Gasteiger partial charge in [-0.15, -0.1) is 0 Å². The van der Waals surface area contributed by atoms with Gasteiger partial charge in [0, 0.05) is 27.3 Å². The monoisotopic (exact) mass is 176 g/mol. The first-order chi connectivity index (χ1) is 5.76. The summed E-state index contributed by atoms with van der Waals surface area (Å²) in [5.74, 6) is -0.254. The number of methoxy groups -OCH3 is 2. The minimum atomic E-state index is -0.804. The maximum Gasteiger partial charge on any atom is 0.277 e. The van der Waals surface area contributed by atoms with Crippen LogP contribution in [-0.2, 0) is 14.3 Å². The second kappa shape index (κ2) is 7.02. The summed E-state index contributed by atoms with van der Waals surface area (Å²) in [6.45, 7) is 1.30. The number of nitrogens with one attached hydrogen (secondary N) is 2. The third-order valence-electron chi connectivity index (χ3n) is 1.32. The van der Waals surface area contributed by atoms with Gasteiger partial charge in [0.25, 0.3) is 5.91 Å². The van der Waals surface area contributed by atoms with E-state index >= 15 is 0 Å². The molecule has 0 aromatic carbocycles. The molecule has 5 heteroatoms. The Labute approximate surface area is 72.4 Å². The van der Waals surface area contributed by atoms with Crippen LogP contribution >= 0.6 is 0 Å². The number of carbonyl (C=O) groups excluding carboxylic acids is 1. The highest BCUT2D eigenvalue weighted by atomic mass is 16.7. The van der Waals surface area contributed by atoms with Gasteiger partial charge in [-0.05, 0) is 7.05 Å². The fourth-order valence-electron chi connectivity index (χ4n) is 0.704. The van der Waals surface area contributed by atoms with Crippen molar-refractivity contribution >= 4 is 5.91 Å². The van der Waals surface area contributed by atoms with Gasteiger partial charge in [0.2, 0.25) is 6.29 Å². The van der Waals surface area contributed by atoms with Crippen molar-refractivity contribution in [1.82, 2.24) is 10.6 Å². The molecule has 0 saturated heterocycles. The summed E-state index contributed by atoms with van der Waals surface area (Å²) >= 11 is 0. The van der Waals surface area contributed by atoms with Crippen LogP contribution in [0, 0.1) is 0 Å². The van der Waals surface area contributed by atoms with E-state index in [0.717, 1.165) is 6.54 Å². The SMILES string of the molecule is CNCCNC(=O)C(OC)OC. The Morgan fingerprint density at radius 2 is 1.92 bits per heavy atom. The molecule has 0 aliphatic rings. The van der Waals surface area contributed by atoms with Gasteiger partial charge >= 0.3 is 0 Å². The molecule has 0 spiro atoms. The van der Waals surface area contributed by atoms with Gasteiger partial charge in [-0.25, -0.2) is 0 Å². The van der Waals surface area contributed by atoms with Crippen LogP contribution in [0.5, 0.6) is 0 Å². The van der Waals surface area contributed by atoms with Crippen LogP contribution < -0.4 is 10.6 Å². The standard InChI is InChI=1S/C7H16N2O3/c1-8-4-5-9-6(10)7(11-2)12-3/h7-8H,4-5H2,1-3H3,(H,9,10). The second-order valence-corrected chi connectivity index (χ2v) is 2.20. The van der Waals surface area contributed by atoms with Crippen molar-refractivity contribution in [3.05, 3.63) is 0 Å². The Kier molecular flexibility index (Phi) is 6.64. The lowest BCUT2D eigenvalue weighted by Gasteiger charge is -2.12. The summed E-state index contributed by atoms with van der Waals surface area (Å²) < 4.78 is 9.47. The maximum atomic E-state index is 11.1. The predicted octanol–water partition coefficient (Wildman–Crippen LogP) is -1.06. The predicted molar refractivity (Wildman–Crippen MR) is 44.7 cm³/mol. The van der Waals surface area contributed by atoms with E-state index in [4.69, 9.17) is 9.47 Å². The highest BCUT2D eigenvalue weighted by Crippen LogP contribution is 1.88. The average molecular weight is 176 g/mol. The Morgan fingerprint density at radius 3 is 2.33 bits per heavy atom. The molecule has 0 rings (SSSR count). The Bertz CT molecular complexity index is 126. The van der Waals surface area contributed by atoms with Crippen molar-refractivity contribution in [2.45, 2.75) is 6.29 Å². The van der Waals surface area contributed by atoms with E-state index in [9.17, 15) is 4.79 Å². The van der Waals surface area contributed by atoms with Crippen LogP contribution in [0.4, 0.5) is 0 Å². The van der Waals surface area contributed by atoms with E-state index in [1.54, 1.807) is 0 Å². The zero-order valence-corrected chi connectivity index (χ0v) is 7.72. The van der Waals surface area contributed by atoms with Crippen molar-refractivity contribution in [3.63, 3.8) is 0 Å². The van der Waals surface area contributed by atoms with Crippen LogP contribution in [0.15, 0.2) is 0 Å². The molecular weight excluding hydrogens is 160 g/mol. The molecule has 0 fully saturated rings.